The van der Waals surface area contributed by atoms with Crippen molar-refractivity contribution in [3.05, 3.63) is 17.6 Å². The van der Waals surface area contributed by atoms with Gasteiger partial charge in [-0.2, -0.15) is 0 Å². The van der Waals surface area contributed by atoms with Crippen molar-refractivity contribution in [1.29, 1.82) is 0 Å². The summed E-state index contributed by atoms with van der Waals surface area (Å²) in [5, 5.41) is 12.9. The molecule has 5 nitrogen and oxygen atoms in total. The number of aromatic nitrogens is 2. The molecule has 0 radical (unpaired) electrons. The first-order valence-corrected chi connectivity index (χ1v) is 7.85. The van der Waals surface area contributed by atoms with Crippen LogP contribution in [0.5, 0.6) is 0 Å². The molecule has 2 rings (SSSR count). The molecule has 21 heavy (non-hydrogen) atoms. The van der Waals surface area contributed by atoms with Crippen LogP contribution in [-0.2, 0) is 11.2 Å². The van der Waals surface area contributed by atoms with E-state index in [1.807, 2.05) is 19.9 Å². The molecule has 5 heteroatoms. The van der Waals surface area contributed by atoms with Gasteiger partial charge in [0, 0.05) is 11.8 Å². The Morgan fingerprint density at radius 3 is 2.57 bits per heavy atom. The number of hydrogen-bond acceptors (Lipinski definition) is 4. The number of nitrogens with zero attached hydrogens (tertiary/aromatic N) is 2. The number of aryl methyl sites for hydroxylation is 2. The van der Waals surface area contributed by atoms with Crippen molar-refractivity contribution >= 4 is 11.8 Å². The predicted octanol–water partition coefficient (Wildman–Crippen LogP) is 3.18. The number of aliphatic carboxylic acids is 1. The molecule has 1 aliphatic carbocycles. The Morgan fingerprint density at radius 1 is 1.38 bits per heavy atom. The third-order valence-electron chi connectivity index (χ3n) is 4.57. The monoisotopic (exact) mass is 291 g/mol. The summed E-state index contributed by atoms with van der Waals surface area (Å²) in [7, 11) is 0. The highest BCUT2D eigenvalue weighted by Gasteiger charge is 2.42. The van der Waals surface area contributed by atoms with Crippen LogP contribution < -0.4 is 5.32 Å². The van der Waals surface area contributed by atoms with Crippen molar-refractivity contribution in [2.45, 2.75) is 64.8 Å². The maximum Gasteiger partial charge on any atom is 0.329 e. The standard InChI is InChI=1S/C16H25N3O2/c1-4-12-6-8-16(9-7-12,15(20)21)19-14-10-13(5-2)17-11(3)18-14/h10,12H,4-9H2,1-3H3,(H,20,21)(H,17,18,19). The van der Waals surface area contributed by atoms with Crippen LogP contribution in [0.25, 0.3) is 0 Å². The normalized spacial score (nSPS) is 25.6. The van der Waals surface area contributed by atoms with Crippen LogP contribution in [0.3, 0.4) is 0 Å². The van der Waals surface area contributed by atoms with Gasteiger partial charge in [0.2, 0.25) is 0 Å². The molecule has 1 aromatic rings. The fraction of sp³-hybridized carbons (Fsp3) is 0.688. The van der Waals surface area contributed by atoms with Crippen molar-refractivity contribution in [3.8, 4) is 0 Å². The maximum absolute atomic E-state index is 11.8. The Kier molecular flexibility index (Phi) is 4.80. The van der Waals surface area contributed by atoms with E-state index >= 15 is 0 Å². The molecule has 0 aliphatic heterocycles. The first kappa shape index (κ1) is 15.7. The predicted molar refractivity (Wildman–Crippen MR) is 82.4 cm³/mol. The molecule has 0 spiro atoms. The van der Waals surface area contributed by atoms with E-state index in [0.717, 1.165) is 31.4 Å². The number of rotatable bonds is 5. The summed E-state index contributed by atoms with van der Waals surface area (Å²) in [6.07, 6.45) is 5.18. The summed E-state index contributed by atoms with van der Waals surface area (Å²) in [4.78, 5) is 20.5. The van der Waals surface area contributed by atoms with Gasteiger partial charge in [0.25, 0.3) is 0 Å². The van der Waals surface area contributed by atoms with Gasteiger partial charge in [-0.15, -0.1) is 0 Å². The van der Waals surface area contributed by atoms with Gasteiger partial charge in [-0.1, -0.05) is 20.3 Å². The van der Waals surface area contributed by atoms with E-state index in [9.17, 15) is 9.90 Å². The summed E-state index contributed by atoms with van der Waals surface area (Å²) in [6, 6.07) is 1.86. The highest BCUT2D eigenvalue weighted by Crippen LogP contribution is 2.36. The zero-order valence-electron chi connectivity index (χ0n) is 13.1. The van der Waals surface area contributed by atoms with E-state index in [-0.39, 0.29) is 0 Å². The SMILES string of the molecule is CCc1cc(NC2(C(=O)O)CCC(CC)CC2)nc(C)n1. The third-order valence-corrected chi connectivity index (χ3v) is 4.57. The summed E-state index contributed by atoms with van der Waals surface area (Å²) >= 11 is 0. The van der Waals surface area contributed by atoms with Gasteiger partial charge < -0.3 is 10.4 Å². The van der Waals surface area contributed by atoms with Crippen LogP contribution >= 0.6 is 0 Å². The molecular formula is C16H25N3O2. The molecule has 1 aromatic heterocycles. The van der Waals surface area contributed by atoms with Crippen LogP contribution in [-0.4, -0.2) is 26.6 Å². The minimum Gasteiger partial charge on any atom is -0.480 e. The zero-order valence-corrected chi connectivity index (χ0v) is 13.1. The van der Waals surface area contributed by atoms with Gasteiger partial charge in [-0.3, -0.25) is 0 Å². The number of anilines is 1. The highest BCUT2D eigenvalue weighted by atomic mass is 16.4. The number of carboxylic acids is 1. The average Bonchev–Trinajstić information content (AvgIpc) is 2.47. The van der Waals surface area contributed by atoms with E-state index in [0.29, 0.717) is 30.4 Å². The first-order valence-electron chi connectivity index (χ1n) is 7.85. The Bertz CT molecular complexity index is 508. The molecule has 0 unspecified atom stereocenters. The number of carbonyl (C=O) groups is 1. The second-order valence-corrected chi connectivity index (χ2v) is 6.01. The summed E-state index contributed by atoms with van der Waals surface area (Å²) in [5.74, 6) is 1.19. The molecule has 1 saturated carbocycles. The molecule has 0 saturated heterocycles. The van der Waals surface area contributed by atoms with Gasteiger partial charge in [-0.25, -0.2) is 14.8 Å². The molecule has 0 atom stereocenters. The van der Waals surface area contributed by atoms with E-state index < -0.39 is 11.5 Å². The lowest BCUT2D eigenvalue weighted by Gasteiger charge is -2.37. The maximum atomic E-state index is 11.8. The average molecular weight is 291 g/mol. The molecule has 0 aromatic carbocycles. The largest absolute Gasteiger partial charge is 0.480 e. The molecule has 0 amide bonds. The van der Waals surface area contributed by atoms with Crippen molar-refractivity contribution < 1.29 is 9.90 Å². The molecule has 2 N–H and O–H groups in total. The van der Waals surface area contributed by atoms with Crippen molar-refractivity contribution in [2.24, 2.45) is 5.92 Å². The van der Waals surface area contributed by atoms with Crippen LogP contribution in [0.2, 0.25) is 0 Å². The second-order valence-electron chi connectivity index (χ2n) is 6.01. The lowest BCUT2D eigenvalue weighted by molar-refractivity contribution is -0.143. The second kappa shape index (κ2) is 6.41. The summed E-state index contributed by atoms with van der Waals surface area (Å²) in [5.41, 5.74) is 0.0603. The molecule has 116 valence electrons. The van der Waals surface area contributed by atoms with E-state index in [2.05, 4.69) is 22.2 Å². The Labute approximate surface area is 126 Å². The van der Waals surface area contributed by atoms with Gasteiger partial charge >= 0.3 is 5.97 Å². The van der Waals surface area contributed by atoms with Crippen LogP contribution in [0.15, 0.2) is 6.07 Å². The van der Waals surface area contributed by atoms with E-state index in [1.165, 1.54) is 0 Å². The number of hydrogen-bond donors (Lipinski definition) is 2. The zero-order chi connectivity index (χ0) is 15.5. The van der Waals surface area contributed by atoms with E-state index in [4.69, 9.17) is 0 Å². The van der Waals surface area contributed by atoms with Gasteiger partial charge in [-0.05, 0) is 44.9 Å². The van der Waals surface area contributed by atoms with Crippen LogP contribution in [0, 0.1) is 12.8 Å². The molecule has 1 aliphatic rings. The topological polar surface area (TPSA) is 75.1 Å². The minimum absolute atomic E-state index is 0.636. The lowest BCUT2D eigenvalue weighted by atomic mass is 9.75. The van der Waals surface area contributed by atoms with Crippen LogP contribution in [0.1, 0.15) is 57.5 Å². The van der Waals surface area contributed by atoms with Gasteiger partial charge in [0.1, 0.15) is 17.2 Å². The fourth-order valence-electron chi connectivity index (χ4n) is 3.09. The summed E-state index contributed by atoms with van der Waals surface area (Å²) < 4.78 is 0. The van der Waals surface area contributed by atoms with Gasteiger partial charge in [0.15, 0.2) is 0 Å². The minimum atomic E-state index is -0.878. The van der Waals surface area contributed by atoms with Crippen LogP contribution in [0.4, 0.5) is 5.82 Å². The molecule has 1 heterocycles. The Balaban J connectivity index is 2.21. The Morgan fingerprint density at radius 2 is 2.05 bits per heavy atom. The quantitative estimate of drug-likeness (QED) is 0.871. The number of carboxylic acid groups (broad SMARTS) is 1. The fourth-order valence-corrected chi connectivity index (χ4v) is 3.09. The van der Waals surface area contributed by atoms with Crippen molar-refractivity contribution in [1.82, 2.24) is 9.97 Å². The molecule has 1 fully saturated rings. The number of nitrogens with one attached hydrogen (secondary N) is 1. The van der Waals surface area contributed by atoms with E-state index in [1.54, 1.807) is 0 Å². The third kappa shape index (κ3) is 3.52. The first-order chi connectivity index (χ1) is 9.99. The Hall–Kier alpha value is -1.65. The van der Waals surface area contributed by atoms with Crippen molar-refractivity contribution in [2.75, 3.05) is 5.32 Å². The van der Waals surface area contributed by atoms with Crippen molar-refractivity contribution in [3.63, 3.8) is 0 Å². The molecule has 0 bridgehead atoms. The summed E-state index contributed by atoms with van der Waals surface area (Å²) in [6.45, 7) is 6.05. The smallest absolute Gasteiger partial charge is 0.329 e. The lowest BCUT2D eigenvalue weighted by Crippen LogP contribution is -2.49. The van der Waals surface area contributed by atoms with Gasteiger partial charge in [0.05, 0.1) is 0 Å². The highest BCUT2D eigenvalue weighted by molar-refractivity contribution is 5.82. The molecular weight excluding hydrogens is 266 g/mol.